The molecule has 0 spiro atoms. The van der Waals surface area contributed by atoms with Gasteiger partial charge in [-0.3, -0.25) is 0 Å². The average molecular weight is 235 g/mol. The van der Waals surface area contributed by atoms with Crippen LogP contribution in [-0.4, -0.2) is 38.9 Å². The van der Waals surface area contributed by atoms with Gasteiger partial charge in [0.05, 0.1) is 0 Å². The molecule has 1 saturated heterocycles. The van der Waals surface area contributed by atoms with E-state index in [-0.39, 0.29) is 5.92 Å². The van der Waals surface area contributed by atoms with Crippen molar-refractivity contribution in [1.82, 2.24) is 9.03 Å². The Morgan fingerprint density at radius 2 is 2.20 bits per heavy atom. The van der Waals surface area contributed by atoms with Gasteiger partial charge in [0.1, 0.15) is 0 Å². The quantitative estimate of drug-likeness (QED) is 0.706. The lowest BCUT2D eigenvalue weighted by Crippen LogP contribution is -2.49. The van der Waals surface area contributed by atoms with Crippen LogP contribution in [0, 0.1) is 11.8 Å². The number of nitrogens with one attached hydrogen (secondary N) is 1. The smallest absolute Gasteiger partial charge is 0.279 e. The highest BCUT2D eigenvalue weighted by atomic mass is 32.2. The summed E-state index contributed by atoms with van der Waals surface area (Å²) in [6, 6.07) is 0. The third-order valence-electron chi connectivity index (χ3n) is 3.05. The second-order valence-electron chi connectivity index (χ2n) is 4.12. The van der Waals surface area contributed by atoms with Gasteiger partial charge in [-0.1, -0.05) is 13.8 Å². The summed E-state index contributed by atoms with van der Waals surface area (Å²) < 4.78 is 27.5. The van der Waals surface area contributed by atoms with Crippen LogP contribution in [0.4, 0.5) is 0 Å². The largest absolute Gasteiger partial charge is 0.330 e. The fourth-order valence-electron chi connectivity index (χ4n) is 1.91. The van der Waals surface area contributed by atoms with Gasteiger partial charge in [-0.15, -0.1) is 0 Å². The van der Waals surface area contributed by atoms with Gasteiger partial charge in [-0.25, -0.2) is 4.72 Å². The minimum absolute atomic E-state index is 0.284. The highest BCUT2D eigenvalue weighted by Crippen LogP contribution is 2.23. The molecule has 2 atom stereocenters. The molecule has 6 heteroatoms. The first-order valence-electron chi connectivity index (χ1n) is 5.46. The first-order chi connectivity index (χ1) is 7.01. The molecule has 90 valence electrons. The molecule has 1 fully saturated rings. The van der Waals surface area contributed by atoms with Gasteiger partial charge in [0.25, 0.3) is 10.2 Å². The van der Waals surface area contributed by atoms with E-state index in [4.69, 9.17) is 5.73 Å². The average Bonchev–Trinajstić information content (AvgIpc) is 2.18. The normalized spacial score (nSPS) is 29.3. The van der Waals surface area contributed by atoms with Crippen molar-refractivity contribution in [2.45, 2.75) is 20.3 Å². The molecule has 0 bridgehead atoms. The summed E-state index contributed by atoms with van der Waals surface area (Å²) in [5.41, 5.74) is 5.63. The van der Waals surface area contributed by atoms with Crippen LogP contribution in [0.2, 0.25) is 0 Å². The molecule has 1 rings (SSSR count). The van der Waals surface area contributed by atoms with E-state index in [0.29, 0.717) is 32.1 Å². The molecule has 0 aliphatic carbocycles. The molecule has 15 heavy (non-hydrogen) atoms. The van der Waals surface area contributed by atoms with Gasteiger partial charge < -0.3 is 5.73 Å². The zero-order valence-corrected chi connectivity index (χ0v) is 10.3. The van der Waals surface area contributed by atoms with Crippen LogP contribution in [0.25, 0.3) is 0 Å². The topological polar surface area (TPSA) is 75.4 Å². The first-order valence-corrected chi connectivity index (χ1v) is 6.90. The van der Waals surface area contributed by atoms with Crippen LogP contribution in [0.15, 0.2) is 0 Å². The second-order valence-corrected chi connectivity index (χ2v) is 5.88. The van der Waals surface area contributed by atoms with E-state index < -0.39 is 10.2 Å². The summed E-state index contributed by atoms with van der Waals surface area (Å²) in [6.07, 6.45) is 0.895. The highest BCUT2D eigenvalue weighted by Gasteiger charge is 2.31. The van der Waals surface area contributed by atoms with Crippen molar-refractivity contribution in [2.24, 2.45) is 17.6 Å². The first kappa shape index (κ1) is 12.9. The van der Waals surface area contributed by atoms with Gasteiger partial charge in [-0.05, 0) is 24.8 Å². The lowest BCUT2D eigenvalue weighted by molar-refractivity contribution is 0.202. The Hall–Kier alpha value is -0.170. The summed E-state index contributed by atoms with van der Waals surface area (Å²) in [5.74, 6) is 0.801. The molecular formula is C9H21N3O2S. The van der Waals surface area contributed by atoms with Crippen LogP contribution in [0.5, 0.6) is 0 Å². The number of hydrogen-bond acceptors (Lipinski definition) is 3. The number of nitrogens with two attached hydrogens (primary N) is 1. The van der Waals surface area contributed by atoms with E-state index in [1.807, 2.05) is 0 Å². The minimum atomic E-state index is -3.27. The lowest BCUT2D eigenvalue weighted by Gasteiger charge is -2.35. The van der Waals surface area contributed by atoms with E-state index in [1.54, 1.807) is 6.92 Å². The third kappa shape index (κ3) is 3.14. The SMILES string of the molecule is CCNS(=O)(=O)N1CCC(C)C(CN)C1. The molecule has 1 heterocycles. The van der Waals surface area contributed by atoms with E-state index in [1.165, 1.54) is 4.31 Å². The summed E-state index contributed by atoms with van der Waals surface area (Å²) in [5, 5.41) is 0. The Morgan fingerprint density at radius 1 is 1.53 bits per heavy atom. The Balaban J connectivity index is 2.66. The van der Waals surface area contributed by atoms with Crippen LogP contribution in [0.1, 0.15) is 20.3 Å². The summed E-state index contributed by atoms with van der Waals surface area (Å²) >= 11 is 0. The molecule has 0 radical (unpaired) electrons. The van der Waals surface area contributed by atoms with Gasteiger partial charge in [0, 0.05) is 19.6 Å². The van der Waals surface area contributed by atoms with Crippen molar-refractivity contribution >= 4 is 10.2 Å². The Bertz CT molecular complexity index is 292. The van der Waals surface area contributed by atoms with Gasteiger partial charge in [-0.2, -0.15) is 12.7 Å². The van der Waals surface area contributed by atoms with Crippen molar-refractivity contribution in [3.05, 3.63) is 0 Å². The third-order valence-corrected chi connectivity index (χ3v) is 4.71. The predicted octanol–water partition coefficient (Wildman–Crippen LogP) is -0.243. The number of nitrogens with zero attached hydrogens (tertiary/aromatic N) is 1. The molecule has 1 aliphatic heterocycles. The van der Waals surface area contributed by atoms with E-state index in [2.05, 4.69) is 11.6 Å². The summed E-state index contributed by atoms with van der Waals surface area (Å²) in [7, 11) is -3.27. The maximum Gasteiger partial charge on any atom is 0.279 e. The van der Waals surface area contributed by atoms with Gasteiger partial charge in [0.2, 0.25) is 0 Å². The van der Waals surface area contributed by atoms with Gasteiger partial charge in [0.15, 0.2) is 0 Å². The van der Waals surface area contributed by atoms with E-state index in [9.17, 15) is 8.42 Å². The Morgan fingerprint density at radius 3 is 2.73 bits per heavy atom. The molecular weight excluding hydrogens is 214 g/mol. The van der Waals surface area contributed by atoms with Crippen molar-refractivity contribution in [3.63, 3.8) is 0 Å². The standard InChI is InChI=1S/C9H21N3O2S/c1-3-11-15(13,14)12-5-4-8(2)9(6-10)7-12/h8-9,11H,3-7,10H2,1-2H3. The number of piperidine rings is 1. The van der Waals surface area contributed by atoms with Crippen LogP contribution in [0.3, 0.4) is 0 Å². The monoisotopic (exact) mass is 235 g/mol. The summed E-state index contributed by atoms with van der Waals surface area (Å²) in [6.45, 7) is 6.06. The number of hydrogen-bond donors (Lipinski definition) is 2. The molecule has 0 amide bonds. The fourth-order valence-corrected chi connectivity index (χ4v) is 3.20. The maximum absolute atomic E-state index is 11.7. The van der Waals surface area contributed by atoms with E-state index in [0.717, 1.165) is 6.42 Å². The maximum atomic E-state index is 11.7. The minimum Gasteiger partial charge on any atom is -0.330 e. The van der Waals surface area contributed by atoms with Crippen molar-refractivity contribution in [3.8, 4) is 0 Å². The molecule has 2 unspecified atom stereocenters. The van der Waals surface area contributed by atoms with Crippen molar-refractivity contribution in [1.29, 1.82) is 0 Å². The molecule has 5 nitrogen and oxygen atoms in total. The second kappa shape index (κ2) is 5.25. The van der Waals surface area contributed by atoms with Crippen LogP contribution < -0.4 is 10.5 Å². The molecule has 0 aromatic heterocycles. The van der Waals surface area contributed by atoms with Crippen LogP contribution >= 0.6 is 0 Å². The molecule has 1 aliphatic rings. The number of rotatable bonds is 4. The molecule has 0 saturated carbocycles. The predicted molar refractivity (Wildman–Crippen MR) is 60.5 cm³/mol. The van der Waals surface area contributed by atoms with Crippen molar-refractivity contribution in [2.75, 3.05) is 26.2 Å². The fraction of sp³-hybridized carbons (Fsp3) is 1.00. The Kier molecular flexibility index (Phi) is 4.51. The highest BCUT2D eigenvalue weighted by molar-refractivity contribution is 7.87. The molecule has 0 aromatic carbocycles. The zero-order valence-electron chi connectivity index (χ0n) is 9.44. The Labute approximate surface area is 92.2 Å². The van der Waals surface area contributed by atoms with Gasteiger partial charge >= 0.3 is 0 Å². The lowest BCUT2D eigenvalue weighted by atomic mass is 9.88. The molecule has 0 aromatic rings. The zero-order chi connectivity index (χ0) is 11.5. The van der Waals surface area contributed by atoms with Crippen molar-refractivity contribution < 1.29 is 8.42 Å². The van der Waals surface area contributed by atoms with Crippen LogP contribution in [-0.2, 0) is 10.2 Å². The molecule has 3 N–H and O–H groups in total. The summed E-state index contributed by atoms with van der Waals surface area (Å²) in [4.78, 5) is 0. The van der Waals surface area contributed by atoms with E-state index >= 15 is 0 Å².